The van der Waals surface area contributed by atoms with Crippen molar-refractivity contribution in [2.24, 2.45) is 0 Å². The monoisotopic (exact) mass is 324 g/mol. The normalized spacial score (nSPS) is 11.1. The predicted molar refractivity (Wildman–Crippen MR) is 71.8 cm³/mol. The fraction of sp³-hybridized carbons (Fsp3) is 0.0769. The van der Waals surface area contributed by atoms with Gasteiger partial charge in [0, 0.05) is 0 Å². The Labute approximate surface area is 122 Å². The van der Waals surface area contributed by atoms with Crippen LogP contribution in [-0.2, 0) is 0 Å². The van der Waals surface area contributed by atoms with Gasteiger partial charge < -0.3 is 0 Å². The molecular weight excluding hydrogens is 319 g/mol. The van der Waals surface area contributed by atoms with Gasteiger partial charge in [0.1, 0.15) is 5.82 Å². The van der Waals surface area contributed by atoms with Crippen LogP contribution in [0.5, 0.6) is 0 Å². The summed E-state index contributed by atoms with van der Waals surface area (Å²) < 4.78 is 38.4. The van der Waals surface area contributed by atoms with Crippen LogP contribution in [0, 0.1) is 5.82 Å². The van der Waals surface area contributed by atoms with Crippen LogP contribution in [-0.4, -0.2) is 0 Å². The van der Waals surface area contributed by atoms with E-state index in [0.717, 1.165) is 12.1 Å². The van der Waals surface area contributed by atoms with E-state index < -0.39 is 17.8 Å². The Balaban J connectivity index is 2.51. The molecule has 19 heavy (non-hydrogen) atoms. The van der Waals surface area contributed by atoms with Crippen LogP contribution in [0.3, 0.4) is 0 Å². The minimum absolute atomic E-state index is 0.191. The number of hydrogen-bond acceptors (Lipinski definition) is 0. The molecule has 0 aliphatic carbocycles. The standard InChI is InChI=1S/C13H6Cl3F3/c14-9-3-7(4-10(15)12(9)16)6-1-2-8(13(18)19)11(17)5-6/h1-5,13H. The van der Waals surface area contributed by atoms with Crippen LogP contribution in [0.15, 0.2) is 30.3 Å². The van der Waals surface area contributed by atoms with Gasteiger partial charge in [0.05, 0.1) is 20.6 Å². The summed E-state index contributed by atoms with van der Waals surface area (Å²) in [5, 5.41) is 0.613. The first kappa shape index (κ1) is 14.5. The summed E-state index contributed by atoms with van der Waals surface area (Å²) in [5.74, 6) is -0.977. The molecule has 0 aliphatic rings. The second-order valence-electron chi connectivity index (χ2n) is 3.79. The summed E-state index contributed by atoms with van der Waals surface area (Å²) in [6, 6.07) is 6.41. The van der Waals surface area contributed by atoms with Crippen LogP contribution >= 0.6 is 34.8 Å². The van der Waals surface area contributed by atoms with E-state index in [4.69, 9.17) is 34.8 Å². The van der Waals surface area contributed by atoms with Gasteiger partial charge in [0.2, 0.25) is 0 Å². The van der Waals surface area contributed by atoms with E-state index >= 15 is 0 Å². The summed E-state index contributed by atoms with van der Waals surface area (Å²) in [5.41, 5.74) is 0.247. The molecule has 0 nitrogen and oxygen atoms in total. The van der Waals surface area contributed by atoms with E-state index in [1.165, 1.54) is 18.2 Å². The predicted octanol–water partition coefficient (Wildman–Crippen LogP) is 6.39. The van der Waals surface area contributed by atoms with Crippen LogP contribution in [0.2, 0.25) is 15.1 Å². The number of alkyl halides is 2. The van der Waals surface area contributed by atoms with Crippen molar-refractivity contribution in [3.05, 3.63) is 56.8 Å². The summed E-state index contributed by atoms with van der Waals surface area (Å²) in [6.45, 7) is 0. The Bertz CT molecular complexity index is 604. The fourth-order valence-corrected chi connectivity index (χ4v) is 2.20. The molecule has 0 amide bonds. The van der Waals surface area contributed by atoms with Gasteiger partial charge in [-0.25, -0.2) is 13.2 Å². The molecule has 100 valence electrons. The smallest absolute Gasteiger partial charge is 0.206 e. The first-order chi connectivity index (χ1) is 8.90. The average molecular weight is 326 g/mol. The molecule has 2 rings (SSSR count). The van der Waals surface area contributed by atoms with E-state index in [0.29, 0.717) is 11.1 Å². The van der Waals surface area contributed by atoms with Crippen LogP contribution in [0.25, 0.3) is 11.1 Å². The van der Waals surface area contributed by atoms with Crippen molar-refractivity contribution in [3.8, 4) is 11.1 Å². The first-order valence-corrected chi connectivity index (χ1v) is 6.26. The van der Waals surface area contributed by atoms with Gasteiger partial charge in [-0.05, 0) is 35.4 Å². The number of benzene rings is 2. The maximum Gasteiger partial charge on any atom is 0.266 e. The Morgan fingerprint density at radius 1 is 0.842 bits per heavy atom. The Morgan fingerprint density at radius 3 is 1.89 bits per heavy atom. The Morgan fingerprint density at radius 2 is 1.42 bits per heavy atom. The third-order valence-electron chi connectivity index (χ3n) is 2.55. The number of rotatable bonds is 2. The zero-order valence-corrected chi connectivity index (χ0v) is 11.5. The molecule has 0 N–H and O–H groups in total. The average Bonchev–Trinajstić information content (AvgIpc) is 2.34. The lowest BCUT2D eigenvalue weighted by Crippen LogP contribution is -1.91. The molecular formula is C13H6Cl3F3. The van der Waals surface area contributed by atoms with Crippen molar-refractivity contribution in [1.82, 2.24) is 0 Å². The van der Waals surface area contributed by atoms with Crippen molar-refractivity contribution in [3.63, 3.8) is 0 Å². The van der Waals surface area contributed by atoms with E-state index in [2.05, 4.69) is 0 Å². The van der Waals surface area contributed by atoms with Crippen molar-refractivity contribution in [2.45, 2.75) is 6.43 Å². The SMILES string of the molecule is Fc1cc(-c2cc(Cl)c(Cl)c(Cl)c2)ccc1C(F)F. The fourth-order valence-electron chi connectivity index (χ4n) is 1.61. The highest BCUT2D eigenvalue weighted by Gasteiger charge is 2.15. The highest BCUT2D eigenvalue weighted by molar-refractivity contribution is 6.48. The number of halogens is 6. The third kappa shape index (κ3) is 2.99. The molecule has 2 aromatic carbocycles. The molecule has 0 heterocycles. The van der Waals surface area contributed by atoms with Gasteiger partial charge in [-0.15, -0.1) is 0 Å². The maximum absolute atomic E-state index is 13.5. The summed E-state index contributed by atoms with van der Waals surface area (Å²) >= 11 is 17.5. The molecule has 0 bridgehead atoms. The molecule has 0 unspecified atom stereocenters. The van der Waals surface area contributed by atoms with Crippen LogP contribution < -0.4 is 0 Å². The minimum Gasteiger partial charge on any atom is -0.206 e. The van der Waals surface area contributed by atoms with Crippen molar-refractivity contribution >= 4 is 34.8 Å². The van der Waals surface area contributed by atoms with Crippen LogP contribution in [0.4, 0.5) is 13.2 Å². The molecule has 0 atom stereocenters. The largest absolute Gasteiger partial charge is 0.266 e. The van der Waals surface area contributed by atoms with Gasteiger partial charge in [0.25, 0.3) is 6.43 Å². The zero-order valence-electron chi connectivity index (χ0n) is 9.23. The van der Waals surface area contributed by atoms with Crippen molar-refractivity contribution in [2.75, 3.05) is 0 Å². The lowest BCUT2D eigenvalue weighted by atomic mass is 10.0. The minimum atomic E-state index is -2.86. The van der Waals surface area contributed by atoms with E-state index in [1.807, 2.05) is 0 Å². The molecule has 0 aromatic heterocycles. The molecule has 0 aliphatic heterocycles. The molecule has 2 aromatic rings. The quantitative estimate of drug-likeness (QED) is 0.561. The number of hydrogen-bond donors (Lipinski definition) is 0. The second-order valence-corrected chi connectivity index (χ2v) is 4.98. The third-order valence-corrected chi connectivity index (χ3v) is 3.75. The Kier molecular flexibility index (Phi) is 4.29. The van der Waals surface area contributed by atoms with Gasteiger partial charge in [-0.2, -0.15) is 0 Å². The molecule has 0 saturated heterocycles. The first-order valence-electron chi connectivity index (χ1n) is 5.12. The lowest BCUT2D eigenvalue weighted by Gasteiger charge is -2.08. The van der Waals surface area contributed by atoms with Gasteiger partial charge >= 0.3 is 0 Å². The highest BCUT2D eigenvalue weighted by atomic mass is 35.5. The topological polar surface area (TPSA) is 0 Å². The lowest BCUT2D eigenvalue weighted by molar-refractivity contribution is 0.146. The molecule has 0 saturated carbocycles. The van der Waals surface area contributed by atoms with Gasteiger partial charge in [0.15, 0.2) is 0 Å². The molecule has 0 spiro atoms. The summed E-state index contributed by atoms with van der Waals surface area (Å²) in [4.78, 5) is 0. The Hall–Kier alpha value is -0.900. The van der Waals surface area contributed by atoms with E-state index in [-0.39, 0.29) is 15.1 Å². The zero-order chi connectivity index (χ0) is 14.2. The molecule has 6 heteroatoms. The van der Waals surface area contributed by atoms with Crippen molar-refractivity contribution in [1.29, 1.82) is 0 Å². The van der Waals surface area contributed by atoms with Gasteiger partial charge in [-0.1, -0.05) is 40.9 Å². The molecule has 0 radical (unpaired) electrons. The summed E-state index contributed by atoms with van der Waals surface area (Å²) in [7, 11) is 0. The van der Waals surface area contributed by atoms with E-state index in [1.54, 1.807) is 0 Å². The van der Waals surface area contributed by atoms with Gasteiger partial charge in [-0.3, -0.25) is 0 Å². The van der Waals surface area contributed by atoms with Crippen LogP contribution in [0.1, 0.15) is 12.0 Å². The maximum atomic E-state index is 13.5. The van der Waals surface area contributed by atoms with Crippen molar-refractivity contribution < 1.29 is 13.2 Å². The van der Waals surface area contributed by atoms with E-state index in [9.17, 15) is 13.2 Å². The second kappa shape index (κ2) is 5.61. The highest BCUT2D eigenvalue weighted by Crippen LogP contribution is 2.36. The summed E-state index contributed by atoms with van der Waals surface area (Å²) in [6.07, 6.45) is -2.86. The molecule has 0 fully saturated rings.